The summed E-state index contributed by atoms with van der Waals surface area (Å²) in [4.78, 5) is 23.8. The van der Waals surface area contributed by atoms with Crippen molar-refractivity contribution in [2.45, 2.75) is 26.7 Å². The molecule has 0 aromatic heterocycles. The predicted molar refractivity (Wildman–Crippen MR) is 100 cm³/mol. The highest BCUT2D eigenvalue weighted by molar-refractivity contribution is 5.95. The van der Waals surface area contributed by atoms with Crippen LogP contribution in [0.1, 0.15) is 30.5 Å². The highest BCUT2D eigenvalue weighted by Gasteiger charge is 2.11. The van der Waals surface area contributed by atoms with Gasteiger partial charge in [0, 0.05) is 11.8 Å². The molecule has 136 valence electrons. The number of ether oxygens (including phenoxy) is 1. The molecule has 0 radical (unpaired) electrons. The van der Waals surface area contributed by atoms with E-state index < -0.39 is 5.97 Å². The molecule has 2 aromatic carbocycles. The first kappa shape index (κ1) is 19.4. The first-order valence-electron chi connectivity index (χ1n) is 8.54. The van der Waals surface area contributed by atoms with E-state index in [1.54, 1.807) is 12.1 Å². The first-order chi connectivity index (χ1) is 12.5. The number of esters is 1. The molecule has 0 aliphatic rings. The first-order valence-corrected chi connectivity index (χ1v) is 8.54. The van der Waals surface area contributed by atoms with E-state index in [1.807, 2.05) is 32.0 Å². The molecule has 0 saturated carbocycles. The molecular formula is C21H22FNO3. The maximum absolute atomic E-state index is 12.8. The summed E-state index contributed by atoms with van der Waals surface area (Å²) in [5, 5.41) is 2.83. The number of benzene rings is 2. The van der Waals surface area contributed by atoms with Gasteiger partial charge in [0.1, 0.15) is 5.82 Å². The molecule has 1 N–H and O–H groups in total. The smallest absolute Gasteiger partial charge is 0.331 e. The van der Waals surface area contributed by atoms with Crippen LogP contribution in [0, 0.1) is 5.82 Å². The van der Waals surface area contributed by atoms with Crippen LogP contribution in [-0.2, 0) is 27.2 Å². The lowest BCUT2D eigenvalue weighted by Crippen LogP contribution is -2.21. The fraction of sp³-hybridized carbons (Fsp3) is 0.238. The summed E-state index contributed by atoms with van der Waals surface area (Å²) in [5.74, 6) is -1.37. The molecular weight excluding hydrogens is 333 g/mol. The number of carbonyl (C=O) groups excluding carboxylic acids is 2. The molecule has 2 rings (SSSR count). The molecule has 0 aliphatic carbocycles. The topological polar surface area (TPSA) is 55.4 Å². The minimum absolute atomic E-state index is 0.347. The van der Waals surface area contributed by atoms with Gasteiger partial charge in [-0.1, -0.05) is 44.2 Å². The molecule has 0 bridgehead atoms. The highest BCUT2D eigenvalue weighted by atomic mass is 19.1. The maximum Gasteiger partial charge on any atom is 0.331 e. The van der Waals surface area contributed by atoms with Crippen molar-refractivity contribution in [1.82, 2.24) is 0 Å². The van der Waals surface area contributed by atoms with Crippen LogP contribution in [0.15, 0.2) is 48.5 Å². The van der Waals surface area contributed by atoms with Crippen LogP contribution in [-0.4, -0.2) is 18.5 Å². The molecule has 26 heavy (non-hydrogen) atoms. The van der Waals surface area contributed by atoms with E-state index in [1.165, 1.54) is 24.3 Å². The number of amides is 1. The zero-order valence-corrected chi connectivity index (χ0v) is 14.9. The fourth-order valence-electron chi connectivity index (χ4n) is 2.50. The zero-order valence-electron chi connectivity index (χ0n) is 14.9. The number of hydrogen-bond acceptors (Lipinski definition) is 3. The Labute approximate surface area is 152 Å². The van der Waals surface area contributed by atoms with Gasteiger partial charge in [-0.15, -0.1) is 0 Å². The summed E-state index contributed by atoms with van der Waals surface area (Å²) in [7, 11) is 0. The summed E-state index contributed by atoms with van der Waals surface area (Å²) in [6, 6.07) is 11.6. The van der Waals surface area contributed by atoms with Gasteiger partial charge < -0.3 is 10.1 Å². The second-order valence-electron chi connectivity index (χ2n) is 5.70. The second-order valence-corrected chi connectivity index (χ2v) is 5.70. The Morgan fingerprint density at radius 3 is 2.23 bits per heavy atom. The van der Waals surface area contributed by atoms with E-state index >= 15 is 0 Å². The van der Waals surface area contributed by atoms with Gasteiger partial charge in [-0.25, -0.2) is 9.18 Å². The Hall–Kier alpha value is -2.95. The number of rotatable bonds is 7. The number of nitrogens with one attached hydrogen (secondary N) is 1. The van der Waals surface area contributed by atoms with Crippen molar-refractivity contribution in [1.29, 1.82) is 0 Å². The SMILES string of the molecule is CCc1cccc(CC)c1NC(=O)COC(=O)/C=C/c1ccc(F)cc1. The molecule has 0 atom stereocenters. The molecule has 0 unspecified atom stereocenters. The van der Waals surface area contributed by atoms with Crippen LogP contribution >= 0.6 is 0 Å². The minimum atomic E-state index is -0.635. The number of anilines is 1. The van der Waals surface area contributed by atoms with Gasteiger partial charge in [0.15, 0.2) is 6.61 Å². The average Bonchev–Trinajstić information content (AvgIpc) is 2.66. The molecule has 0 saturated heterocycles. The Kier molecular flexibility index (Phi) is 7.09. The van der Waals surface area contributed by atoms with E-state index in [9.17, 15) is 14.0 Å². The number of carbonyl (C=O) groups is 2. The lowest BCUT2D eigenvalue weighted by molar-refractivity contribution is -0.142. The number of aryl methyl sites for hydroxylation is 2. The van der Waals surface area contributed by atoms with Crippen molar-refractivity contribution in [3.05, 3.63) is 71.0 Å². The zero-order chi connectivity index (χ0) is 18.9. The highest BCUT2D eigenvalue weighted by Crippen LogP contribution is 2.22. The number of hydrogen-bond donors (Lipinski definition) is 1. The second kappa shape index (κ2) is 9.51. The van der Waals surface area contributed by atoms with Crippen molar-refractivity contribution in [3.63, 3.8) is 0 Å². The van der Waals surface area contributed by atoms with E-state index in [4.69, 9.17) is 4.74 Å². The Morgan fingerprint density at radius 2 is 1.65 bits per heavy atom. The summed E-state index contributed by atoms with van der Waals surface area (Å²) >= 11 is 0. The van der Waals surface area contributed by atoms with Gasteiger partial charge >= 0.3 is 5.97 Å². The van der Waals surface area contributed by atoms with E-state index in [2.05, 4.69) is 5.32 Å². The molecule has 0 aliphatic heterocycles. The molecule has 5 heteroatoms. The number of para-hydroxylation sites is 1. The standard InChI is InChI=1S/C21H22FNO3/c1-3-16-6-5-7-17(4-2)21(16)23-19(24)14-26-20(25)13-10-15-8-11-18(22)12-9-15/h5-13H,3-4,14H2,1-2H3,(H,23,24)/b13-10+. The van der Waals surface area contributed by atoms with Crippen LogP contribution < -0.4 is 5.32 Å². The van der Waals surface area contributed by atoms with Crippen LogP contribution in [0.25, 0.3) is 6.08 Å². The minimum Gasteiger partial charge on any atom is -0.452 e. The van der Waals surface area contributed by atoms with Crippen molar-refractivity contribution in [2.75, 3.05) is 11.9 Å². The molecule has 2 aromatic rings. The third-order valence-corrected chi connectivity index (χ3v) is 3.89. The van der Waals surface area contributed by atoms with Crippen molar-refractivity contribution >= 4 is 23.6 Å². The molecule has 0 spiro atoms. The van der Waals surface area contributed by atoms with Crippen LogP contribution in [0.2, 0.25) is 0 Å². The van der Waals surface area contributed by atoms with Gasteiger partial charge in [0.25, 0.3) is 5.91 Å². The third-order valence-electron chi connectivity index (χ3n) is 3.89. The third kappa shape index (κ3) is 5.55. The predicted octanol–water partition coefficient (Wildman–Crippen LogP) is 4.15. The van der Waals surface area contributed by atoms with Gasteiger partial charge in [-0.05, 0) is 47.7 Å². The van der Waals surface area contributed by atoms with Gasteiger partial charge in [-0.2, -0.15) is 0 Å². The quantitative estimate of drug-likeness (QED) is 0.600. The van der Waals surface area contributed by atoms with E-state index in [0.717, 1.165) is 29.7 Å². The van der Waals surface area contributed by atoms with E-state index in [0.29, 0.717) is 5.56 Å². The summed E-state index contributed by atoms with van der Waals surface area (Å²) in [6.45, 7) is 3.67. The van der Waals surface area contributed by atoms with Gasteiger partial charge in [0.2, 0.25) is 0 Å². The van der Waals surface area contributed by atoms with Crippen LogP contribution in [0.4, 0.5) is 10.1 Å². The van der Waals surface area contributed by atoms with Crippen molar-refractivity contribution in [3.8, 4) is 0 Å². The molecule has 0 heterocycles. The number of halogens is 1. The lowest BCUT2D eigenvalue weighted by atomic mass is 10.0. The average molecular weight is 355 g/mol. The molecule has 1 amide bonds. The monoisotopic (exact) mass is 355 g/mol. The Bertz CT molecular complexity index is 775. The van der Waals surface area contributed by atoms with Crippen LogP contribution in [0.5, 0.6) is 0 Å². The fourth-order valence-corrected chi connectivity index (χ4v) is 2.50. The van der Waals surface area contributed by atoms with Gasteiger partial charge in [-0.3, -0.25) is 4.79 Å². The normalized spacial score (nSPS) is 10.7. The van der Waals surface area contributed by atoms with Crippen LogP contribution in [0.3, 0.4) is 0 Å². The Balaban J connectivity index is 1.90. The van der Waals surface area contributed by atoms with Crippen molar-refractivity contribution < 1.29 is 18.7 Å². The lowest BCUT2D eigenvalue weighted by Gasteiger charge is -2.14. The largest absolute Gasteiger partial charge is 0.452 e. The van der Waals surface area contributed by atoms with Crippen molar-refractivity contribution in [2.24, 2.45) is 0 Å². The molecule has 0 fully saturated rings. The van der Waals surface area contributed by atoms with E-state index in [-0.39, 0.29) is 18.3 Å². The summed E-state index contributed by atoms with van der Waals surface area (Å²) in [6.07, 6.45) is 4.30. The van der Waals surface area contributed by atoms with Gasteiger partial charge in [0.05, 0.1) is 0 Å². The Morgan fingerprint density at radius 1 is 1.04 bits per heavy atom. The maximum atomic E-state index is 12.8. The summed E-state index contributed by atoms with van der Waals surface area (Å²) in [5.41, 5.74) is 3.54. The molecule has 4 nitrogen and oxygen atoms in total. The summed E-state index contributed by atoms with van der Waals surface area (Å²) < 4.78 is 17.8.